The number of cyclic esters (lactones) is 1. The number of unbranched alkanes of at least 4 members (excludes halogenated alkanes) is 1. The quantitative estimate of drug-likeness (QED) is 0.546. The smallest absolute Gasteiger partial charge is 0.308 e. The minimum absolute atomic E-state index is 0.0337. The molecule has 16 heavy (non-hydrogen) atoms. The molecule has 0 aromatic heterocycles. The fourth-order valence-electron chi connectivity index (χ4n) is 1.63. The van der Waals surface area contributed by atoms with Crippen molar-refractivity contribution in [2.24, 2.45) is 0 Å². The molecule has 94 valence electrons. The summed E-state index contributed by atoms with van der Waals surface area (Å²) in [6.07, 6.45) is 3.07. The Labute approximate surface area is 97.2 Å². The first-order valence-corrected chi connectivity index (χ1v) is 6.13. The van der Waals surface area contributed by atoms with Crippen molar-refractivity contribution in [3.05, 3.63) is 0 Å². The van der Waals surface area contributed by atoms with Crippen LogP contribution >= 0.6 is 0 Å². The number of carbonyl (C=O) groups excluding carboxylic acids is 1. The Balaban J connectivity index is 2.40. The lowest BCUT2D eigenvalue weighted by atomic mass is 10.1. The summed E-state index contributed by atoms with van der Waals surface area (Å²) in [6, 6.07) is 0. The van der Waals surface area contributed by atoms with E-state index in [1.165, 1.54) is 0 Å². The van der Waals surface area contributed by atoms with Crippen molar-refractivity contribution in [2.45, 2.75) is 51.7 Å². The van der Waals surface area contributed by atoms with Gasteiger partial charge in [-0.2, -0.15) is 0 Å². The molecule has 1 aliphatic rings. The second-order valence-electron chi connectivity index (χ2n) is 4.11. The van der Waals surface area contributed by atoms with E-state index in [2.05, 4.69) is 6.92 Å². The summed E-state index contributed by atoms with van der Waals surface area (Å²) in [5, 5.41) is 0. The number of hydrogen-bond acceptors (Lipinski definition) is 4. The topological polar surface area (TPSA) is 44.8 Å². The number of esters is 1. The Hall–Kier alpha value is -0.610. The molecule has 0 spiro atoms. The van der Waals surface area contributed by atoms with Crippen molar-refractivity contribution in [2.75, 3.05) is 19.8 Å². The third-order valence-electron chi connectivity index (χ3n) is 2.67. The maximum Gasteiger partial charge on any atom is 0.308 e. The molecule has 1 heterocycles. The van der Waals surface area contributed by atoms with Gasteiger partial charge in [-0.1, -0.05) is 13.3 Å². The summed E-state index contributed by atoms with van der Waals surface area (Å²) in [7, 11) is 0. The Bertz CT molecular complexity index is 205. The van der Waals surface area contributed by atoms with Gasteiger partial charge in [0.2, 0.25) is 0 Å². The second-order valence-corrected chi connectivity index (χ2v) is 4.11. The van der Waals surface area contributed by atoms with Gasteiger partial charge in [0, 0.05) is 19.6 Å². The van der Waals surface area contributed by atoms with Gasteiger partial charge in [-0.25, -0.2) is 0 Å². The molecule has 0 aromatic carbocycles. The van der Waals surface area contributed by atoms with Gasteiger partial charge in [0.25, 0.3) is 0 Å². The minimum atomic E-state index is -0.196. The maximum absolute atomic E-state index is 11.3. The summed E-state index contributed by atoms with van der Waals surface area (Å²) < 4.78 is 16.3. The Morgan fingerprint density at radius 2 is 2.25 bits per heavy atom. The van der Waals surface area contributed by atoms with Crippen molar-refractivity contribution in [3.8, 4) is 0 Å². The molecular formula is C12H22O4. The summed E-state index contributed by atoms with van der Waals surface area (Å²) in [6.45, 7) is 5.83. The predicted octanol–water partition coefficient (Wildman–Crippen LogP) is 1.91. The van der Waals surface area contributed by atoms with Crippen LogP contribution in [0, 0.1) is 0 Å². The third-order valence-corrected chi connectivity index (χ3v) is 2.67. The molecule has 0 saturated carbocycles. The van der Waals surface area contributed by atoms with E-state index in [9.17, 15) is 4.79 Å². The van der Waals surface area contributed by atoms with E-state index in [4.69, 9.17) is 14.2 Å². The molecular weight excluding hydrogens is 208 g/mol. The van der Waals surface area contributed by atoms with Crippen LogP contribution in [0.4, 0.5) is 0 Å². The Kier molecular flexibility index (Phi) is 6.42. The zero-order valence-electron chi connectivity index (χ0n) is 10.2. The molecule has 1 rings (SSSR count). The normalized spacial score (nSPS) is 27.8. The summed E-state index contributed by atoms with van der Waals surface area (Å²) in [5.41, 5.74) is 0. The highest BCUT2D eigenvalue weighted by Gasteiger charge is 2.23. The summed E-state index contributed by atoms with van der Waals surface area (Å²) in [4.78, 5) is 11.3. The second kappa shape index (κ2) is 7.63. The molecule has 0 unspecified atom stereocenters. The number of carbonyl (C=O) groups is 1. The van der Waals surface area contributed by atoms with Crippen LogP contribution in [0.15, 0.2) is 0 Å². The highest BCUT2D eigenvalue weighted by molar-refractivity contribution is 5.69. The minimum Gasteiger partial charge on any atom is -0.460 e. The van der Waals surface area contributed by atoms with Crippen molar-refractivity contribution in [1.82, 2.24) is 0 Å². The summed E-state index contributed by atoms with van der Waals surface area (Å²) in [5.74, 6) is -0.196. The van der Waals surface area contributed by atoms with Crippen molar-refractivity contribution < 1.29 is 19.0 Å². The predicted molar refractivity (Wildman–Crippen MR) is 60.3 cm³/mol. The monoisotopic (exact) mass is 230 g/mol. The molecule has 1 aliphatic heterocycles. The number of rotatable bonds is 4. The van der Waals surface area contributed by atoms with E-state index >= 15 is 0 Å². The van der Waals surface area contributed by atoms with Gasteiger partial charge in [-0.15, -0.1) is 0 Å². The largest absolute Gasteiger partial charge is 0.460 e. The first-order valence-electron chi connectivity index (χ1n) is 6.13. The van der Waals surface area contributed by atoms with Crippen LogP contribution in [0.5, 0.6) is 0 Å². The van der Waals surface area contributed by atoms with Gasteiger partial charge in [0.05, 0.1) is 19.1 Å². The molecule has 0 aromatic rings. The SMILES string of the molecule is CCCCO[C@@H]1CCOCCC(=O)O[C@H]1C. The van der Waals surface area contributed by atoms with Gasteiger partial charge in [0.1, 0.15) is 6.10 Å². The van der Waals surface area contributed by atoms with E-state index in [1.807, 2.05) is 6.92 Å². The first kappa shape index (κ1) is 13.5. The van der Waals surface area contributed by atoms with Crippen LogP contribution in [0.1, 0.15) is 39.5 Å². The molecule has 0 radical (unpaired) electrons. The highest BCUT2D eigenvalue weighted by Crippen LogP contribution is 2.12. The Morgan fingerprint density at radius 1 is 1.44 bits per heavy atom. The molecule has 0 amide bonds. The average molecular weight is 230 g/mol. The van der Waals surface area contributed by atoms with Crippen LogP contribution in [0.25, 0.3) is 0 Å². The lowest BCUT2D eigenvalue weighted by molar-refractivity contribution is -0.155. The van der Waals surface area contributed by atoms with Gasteiger partial charge in [-0.3, -0.25) is 4.79 Å². The van der Waals surface area contributed by atoms with Gasteiger partial charge in [-0.05, 0) is 13.3 Å². The third kappa shape index (κ3) is 4.94. The van der Waals surface area contributed by atoms with Crippen LogP contribution < -0.4 is 0 Å². The number of hydrogen-bond donors (Lipinski definition) is 0. The molecule has 0 N–H and O–H groups in total. The lowest BCUT2D eigenvalue weighted by Gasteiger charge is -2.23. The Morgan fingerprint density at radius 3 is 3.00 bits per heavy atom. The van der Waals surface area contributed by atoms with E-state index in [1.54, 1.807) is 0 Å². The fourth-order valence-corrected chi connectivity index (χ4v) is 1.63. The van der Waals surface area contributed by atoms with Crippen molar-refractivity contribution in [3.63, 3.8) is 0 Å². The molecule has 2 atom stereocenters. The zero-order valence-corrected chi connectivity index (χ0v) is 10.2. The van der Waals surface area contributed by atoms with E-state index in [0.29, 0.717) is 19.6 Å². The van der Waals surface area contributed by atoms with Crippen LogP contribution in [0.3, 0.4) is 0 Å². The summed E-state index contributed by atoms with van der Waals surface area (Å²) >= 11 is 0. The molecule has 1 fully saturated rings. The average Bonchev–Trinajstić information content (AvgIpc) is 2.32. The van der Waals surface area contributed by atoms with E-state index < -0.39 is 0 Å². The van der Waals surface area contributed by atoms with Gasteiger partial charge < -0.3 is 14.2 Å². The molecule has 4 heteroatoms. The molecule has 4 nitrogen and oxygen atoms in total. The molecule has 0 bridgehead atoms. The van der Waals surface area contributed by atoms with Crippen LogP contribution in [0.2, 0.25) is 0 Å². The van der Waals surface area contributed by atoms with Crippen LogP contribution in [-0.4, -0.2) is 38.0 Å². The van der Waals surface area contributed by atoms with Crippen molar-refractivity contribution in [1.29, 1.82) is 0 Å². The molecule has 0 aliphatic carbocycles. The van der Waals surface area contributed by atoms with Crippen molar-refractivity contribution >= 4 is 5.97 Å². The molecule has 1 saturated heterocycles. The lowest BCUT2D eigenvalue weighted by Crippen LogP contribution is -2.31. The van der Waals surface area contributed by atoms with Gasteiger partial charge in [0.15, 0.2) is 0 Å². The van der Waals surface area contributed by atoms with Crippen LogP contribution in [-0.2, 0) is 19.0 Å². The maximum atomic E-state index is 11.3. The fraction of sp³-hybridized carbons (Fsp3) is 0.917. The first-order chi connectivity index (χ1) is 7.74. The van der Waals surface area contributed by atoms with E-state index in [-0.39, 0.29) is 18.2 Å². The van der Waals surface area contributed by atoms with E-state index in [0.717, 1.165) is 25.9 Å². The highest BCUT2D eigenvalue weighted by atomic mass is 16.6. The standard InChI is InChI=1S/C12H22O4/c1-3-4-7-15-11-5-8-14-9-6-12(13)16-10(11)2/h10-11H,3-9H2,1-2H3/t10-,11+/m0/s1. The van der Waals surface area contributed by atoms with Gasteiger partial charge >= 0.3 is 5.97 Å². The zero-order chi connectivity index (χ0) is 11.8. The number of ether oxygens (including phenoxy) is 3.